The summed E-state index contributed by atoms with van der Waals surface area (Å²) < 4.78 is 0. The SMILES string of the molecule is C#CC(C)NC(C)c1ccc2ccccc2c1O. The summed E-state index contributed by atoms with van der Waals surface area (Å²) in [5, 5.41) is 15.5. The first-order chi connectivity index (χ1) is 8.63. The lowest BCUT2D eigenvalue weighted by atomic mass is 10.0. The van der Waals surface area contributed by atoms with E-state index in [1.807, 2.05) is 50.2 Å². The van der Waals surface area contributed by atoms with Gasteiger partial charge in [0.25, 0.3) is 0 Å². The molecule has 0 bridgehead atoms. The Morgan fingerprint density at radius 2 is 1.89 bits per heavy atom. The highest BCUT2D eigenvalue weighted by molar-refractivity contribution is 5.89. The third kappa shape index (κ3) is 2.32. The number of hydrogen-bond donors (Lipinski definition) is 2. The molecule has 0 aliphatic rings. The molecule has 0 aromatic heterocycles. The van der Waals surface area contributed by atoms with Gasteiger partial charge in [-0.25, -0.2) is 0 Å². The standard InChI is InChI=1S/C16H17NO/c1-4-11(2)17-12(3)14-10-9-13-7-5-6-8-15(13)16(14)18/h1,5-12,17-18H,2-3H3. The number of terminal acetylenes is 1. The van der Waals surface area contributed by atoms with Crippen molar-refractivity contribution in [3.05, 3.63) is 42.0 Å². The van der Waals surface area contributed by atoms with Gasteiger partial charge in [-0.2, -0.15) is 0 Å². The zero-order valence-corrected chi connectivity index (χ0v) is 10.6. The summed E-state index contributed by atoms with van der Waals surface area (Å²) in [6, 6.07) is 11.7. The summed E-state index contributed by atoms with van der Waals surface area (Å²) in [6.45, 7) is 3.92. The van der Waals surface area contributed by atoms with Crippen molar-refractivity contribution in [1.29, 1.82) is 0 Å². The summed E-state index contributed by atoms with van der Waals surface area (Å²) in [6.07, 6.45) is 5.35. The van der Waals surface area contributed by atoms with Crippen LogP contribution in [0.15, 0.2) is 36.4 Å². The number of nitrogens with one attached hydrogen (secondary N) is 1. The van der Waals surface area contributed by atoms with E-state index in [2.05, 4.69) is 11.2 Å². The van der Waals surface area contributed by atoms with Crippen LogP contribution in [0.5, 0.6) is 5.75 Å². The molecule has 0 amide bonds. The lowest BCUT2D eigenvalue weighted by Crippen LogP contribution is -2.27. The number of benzene rings is 2. The zero-order chi connectivity index (χ0) is 13.1. The van der Waals surface area contributed by atoms with Crippen LogP contribution < -0.4 is 5.32 Å². The van der Waals surface area contributed by atoms with Crippen LogP contribution >= 0.6 is 0 Å². The van der Waals surface area contributed by atoms with Crippen LogP contribution in [0.25, 0.3) is 10.8 Å². The molecule has 2 aromatic rings. The molecule has 0 saturated heterocycles. The van der Waals surface area contributed by atoms with Gasteiger partial charge in [-0.05, 0) is 19.2 Å². The molecule has 2 unspecified atom stereocenters. The Morgan fingerprint density at radius 3 is 2.61 bits per heavy atom. The molecule has 2 heteroatoms. The summed E-state index contributed by atoms with van der Waals surface area (Å²) in [7, 11) is 0. The summed E-state index contributed by atoms with van der Waals surface area (Å²) in [5.74, 6) is 2.96. The van der Waals surface area contributed by atoms with Crippen molar-refractivity contribution >= 4 is 10.8 Å². The van der Waals surface area contributed by atoms with Crippen molar-refractivity contribution in [3.63, 3.8) is 0 Å². The van der Waals surface area contributed by atoms with Gasteiger partial charge >= 0.3 is 0 Å². The second-order valence-corrected chi connectivity index (χ2v) is 4.50. The average molecular weight is 239 g/mol. The Hall–Kier alpha value is -1.98. The number of aromatic hydroxyl groups is 1. The van der Waals surface area contributed by atoms with Crippen molar-refractivity contribution in [2.75, 3.05) is 0 Å². The number of rotatable bonds is 3. The highest BCUT2D eigenvalue weighted by Crippen LogP contribution is 2.32. The van der Waals surface area contributed by atoms with Gasteiger partial charge in [-0.15, -0.1) is 6.42 Å². The summed E-state index contributed by atoms with van der Waals surface area (Å²) in [5.41, 5.74) is 0.871. The van der Waals surface area contributed by atoms with Gasteiger partial charge in [0.15, 0.2) is 0 Å². The first-order valence-electron chi connectivity index (χ1n) is 6.06. The van der Waals surface area contributed by atoms with Crippen molar-refractivity contribution in [2.24, 2.45) is 0 Å². The largest absolute Gasteiger partial charge is 0.507 e. The Morgan fingerprint density at radius 1 is 1.17 bits per heavy atom. The quantitative estimate of drug-likeness (QED) is 0.806. The van der Waals surface area contributed by atoms with E-state index in [1.165, 1.54) is 0 Å². The van der Waals surface area contributed by atoms with Crippen molar-refractivity contribution in [3.8, 4) is 18.1 Å². The first kappa shape index (κ1) is 12.5. The third-order valence-corrected chi connectivity index (χ3v) is 3.15. The molecule has 0 heterocycles. The molecule has 92 valence electrons. The molecular formula is C16H17NO. The molecule has 2 nitrogen and oxygen atoms in total. The normalized spacial score (nSPS) is 14.1. The monoisotopic (exact) mass is 239 g/mol. The van der Waals surface area contributed by atoms with E-state index in [9.17, 15) is 5.11 Å². The Balaban J connectivity index is 2.40. The fourth-order valence-corrected chi connectivity index (χ4v) is 2.13. The van der Waals surface area contributed by atoms with Crippen LogP contribution in [-0.4, -0.2) is 11.1 Å². The molecule has 0 fully saturated rings. The minimum absolute atomic E-state index is 0.0145. The predicted octanol–water partition coefficient (Wildman–Crippen LogP) is 3.22. The minimum atomic E-state index is -0.0223. The van der Waals surface area contributed by atoms with Gasteiger partial charge in [0, 0.05) is 17.0 Å². The number of fused-ring (bicyclic) bond motifs is 1. The fourth-order valence-electron chi connectivity index (χ4n) is 2.13. The highest BCUT2D eigenvalue weighted by atomic mass is 16.3. The Kier molecular flexibility index (Phi) is 3.55. The fraction of sp³-hybridized carbons (Fsp3) is 0.250. The van der Waals surface area contributed by atoms with Crippen molar-refractivity contribution in [2.45, 2.75) is 25.9 Å². The number of phenols is 1. The molecule has 2 aromatic carbocycles. The van der Waals surface area contributed by atoms with Crippen molar-refractivity contribution < 1.29 is 5.11 Å². The van der Waals surface area contributed by atoms with Crippen LogP contribution in [0, 0.1) is 12.3 Å². The summed E-state index contributed by atoms with van der Waals surface area (Å²) in [4.78, 5) is 0. The smallest absolute Gasteiger partial charge is 0.128 e. The molecule has 0 aliphatic heterocycles. The van der Waals surface area contributed by atoms with E-state index in [0.29, 0.717) is 5.75 Å². The van der Waals surface area contributed by atoms with Crippen LogP contribution in [-0.2, 0) is 0 Å². The molecule has 2 rings (SSSR count). The Labute approximate surface area is 108 Å². The molecule has 0 saturated carbocycles. The van der Waals surface area contributed by atoms with Crippen molar-refractivity contribution in [1.82, 2.24) is 5.32 Å². The molecule has 0 aliphatic carbocycles. The average Bonchev–Trinajstić information content (AvgIpc) is 2.39. The first-order valence-corrected chi connectivity index (χ1v) is 6.06. The lowest BCUT2D eigenvalue weighted by molar-refractivity contribution is 0.455. The summed E-state index contributed by atoms with van der Waals surface area (Å²) >= 11 is 0. The molecule has 18 heavy (non-hydrogen) atoms. The van der Waals surface area contributed by atoms with E-state index in [4.69, 9.17) is 6.42 Å². The lowest BCUT2D eigenvalue weighted by Gasteiger charge is -2.18. The van der Waals surface area contributed by atoms with Crippen LogP contribution in [0.4, 0.5) is 0 Å². The number of hydrogen-bond acceptors (Lipinski definition) is 2. The van der Waals surface area contributed by atoms with Gasteiger partial charge in [0.05, 0.1) is 6.04 Å². The van der Waals surface area contributed by atoms with Crippen LogP contribution in [0.3, 0.4) is 0 Å². The highest BCUT2D eigenvalue weighted by Gasteiger charge is 2.13. The molecular weight excluding hydrogens is 222 g/mol. The van der Waals surface area contributed by atoms with Gasteiger partial charge in [-0.3, -0.25) is 5.32 Å². The maximum absolute atomic E-state index is 10.3. The van der Waals surface area contributed by atoms with Crippen LogP contribution in [0.1, 0.15) is 25.5 Å². The van der Waals surface area contributed by atoms with E-state index in [-0.39, 0.29) is 12.1 Å². The maximum Gasteiger partial charge on any atom is 0.128 e. The molecule has 2 atom stereocenters. The second kappa shape index (κ2) is 5.12. The van der Waals surface area contributed by atoms with Crippen LogP contribution in [0.2, 0.25) is 0 Å². The van der Waals surface area contributed by atoms with Gasteiger partial charge in [0.2, 0.25) is 0 Å². The van der Waals surface area contributed by atoms with E-state index < -0.39 is 0 Å². The van der Waals surface area contributed by atoms with Gasteiger partial charge < -0.3 is 5.11 Å². The molecule has 2 N–H and O–H groups in total. The number of phenolic OH excluding ortho intramolecular Hbond substituents is 1. The zero-order valence-electron chi connectivity index (χ0n) is 10.6. The molecule has 0 radical (unpaired) electrons. The third-order valence-electron chi connectivity index (χ3n) is 3.15. The predicted molar refractivity (Wildman–Crippen MR) is 75.5 cm³/mol. The van der Waals surface area contributed by atoms with Gasteiger partial charge in [0.1, 0.15) is 5.75 Å². The van der Waals surface area contributed by atoms with E-state index >= 15 is 0 Å². The maximum atomic E-state index is 10.3. The minimum Gasteiger partial charge on any atom is -0.507 e. The topological polar surface area (TPSA) is 32.3 Å². The molecule has 0 spiro atoms. The second-order valence-electron chi connectivity index (χ2n) is 4.50. The van der Waals surface area contributed by atoms with E-state index in [0.717, 1.165) is 16.3 Å². The Bertz CT molecular complexity index is 598. The van der Waals surface area contributed by atoms with E-state index in [1.54, 1.807) is 0 Å². The van der Waals surface area contributed by atoms with Gasteiger partial charge in [-0.1, -0.05) is 42.3 Å².